The van der Waals surface area contributed by atoms with Crippen LogP contribution in [-0.4, -0.2) is 66.5 Å². The lowest BCUT2D eigenvalue weighted by atomic mass is 9.81. The van der Waals surface area contributed by atoms with Crippen LogP contribution in [0.4, 0.5) is 13.2 Å². The van der Waals surface area contributed by atoms with Crippen molar-refractivity contribution in [1.29, 1.82) is 0 Å². The number of tetrazole rings is 1. The van der Waals surface area contributed by atoms with Gasteiger partial charge in [-0.25, -0.2) is 0 Å². The quantitative estimate of drug-likeness (QED) is 0.604. The number of aromatic nitrogens is 4. The van der Waals surface area contributed by atoms with E-state index in [2.05, 4.69) is 20.8 Å². The van der Waals surface area contributed by atoms with Gasteiger partial charge in [-0.2, -0.15) is 17.9 Å². The Morgan fingerprint density at radius 3 is 2.67 bits per heavy atom. The van der Waals surface area contributed by atoms with E-state index in [4.69, 9.17) is 14.2 Å². The SMILES string of the molecule is COCC(NC[C@@H]1CO[C@H](C(F)(F)F)C1)(c1nnnn1-c1cccc(OC)c1)C1CCCC1. The summed E-state index contributed by atoms with van der Waals surface area (Å²) in [5.74, 6) is 1.15. The van der Waals surface area contributed by atoms with Crippen molar-refractivity contribution in [2.45, 2.75) is 49.9 Å². The van der Waals surface area contributed by atoms with Crippen molar-refractivity contribution in [3.8, 4) is 11.4 Å². The van der Waals surface area contributed by atoms with Crippen LogP contribution < -0.4 is 10.1 Å². The van der Waals surface area contributed by atoms with Crippen LogP contribution >= 0.6 is 0 Å². The average Bonchev–Trinajstić information content (AvgIpc) is 3.57. The molecule has 1 aliphatic carbocycles. The maximum Gasteiger partial charge on any atom is 0.414 e. The molecule has 0 spiro atoms. The number of rotatable bonds is 9. The summed E-state index contributed by atoms with van der Waals surface area (Å²) in [4.78, 5) is 0. The number of benzene rings is 1. The first-order chi connectivity index (χ1) is 15.9. The number of hydrogen-bond acceptors (Lipinski definition) is 7. The molecular weight excluding hydrogens is 439 g/mol. The molecule has 1 aromatic heterocycles. The molecule has 4 rings (SSSR count). The van der Waals surface area contributed by atoms with Gasteiger partial charge in [0.15, 0.2) is 11.9 Å². The van der Waals surface area contributed by atoms with Gasteiger partial charge in [0.1, 0.15) is 11.3 Å². The molecule has 8 nitrogen and oxygen atoms in total. The van der Waals surface area contributed by atoms with Gasteiger partial charge in [0.05, 0.1) is 26.0 Å². The molecule has 1 aromatic carbocycles. The molecule has 2 aliphatic rings. The Morgan fingerprint density at radius 2 is 2.00 bits per heavy atom. The van der Waals surface area contributed by atoms with Gasteiger partial charge >= 0.3 is 6.18 Å². The topological polar surface area (TPSA) is 83.3 Å². The van der Waals surface area contributed by atoms with Gasteiger partial charge in [-0.1, -0.05) is 18.9 Å². The van der Waals surface area contributed by atoms with Crippen LogP contribution in [0.5, 0.6) is 5.75 Å². The van der Waals surface area contributed by atoms with Crippen molar-refractivity contribution < 1.29 is 27.4 Å². The van der Waals surface area contributed by atoms with Gasteiger partial charge < -0.3 is 19.5 Å². The first-order valence-corrected chi connectivity index (χ1v) is 11.2. The van der Waals surface area contributed by atoms with Gasteiger partial charge in [0.2, 0.25) is 0 Å². The molecule has 1 aliphatic heterocycles. The molecule has 3 atom stereocenters. The zero-order chi connectivity index (χ0) is 23.5. The number of nitrogens with zero attached hydrogens (tertiary/aromatic N) is 4. The van der Waals surface area contributed by atoms with Crippen molar-refractivity contribution in [2.75, 3.05) is 34.0 Å². The molecule has 182 valence electrons. The molecule has 2 fully saturated rings. The molecule has 0 amide bonds. The van der Waals surface area contributed by atoms with Crippen LogP contribution in [0, 0.1) is 11.8 Å². The molecule has 1 saturated carbocycles. The smallest absolute Gasteiger partial charge is 0.414 e. The maximum atomic E-state index is 13.1. The predicted molar refractivity (Wildman–Crippen MR) is 113 cm³/mol. The van der Waals surface area contributed by atoms with Crippen molar-refractivity contribution in [1.82, 2.24) is 25.5 Å². The van der Waals surface area contributed by atoms with Crippen molar-refractivity contribution >= 4 is 0 Å². The number of methoxy groups -OCH3 is 2. The normalized spacial score (nSPS) is 23.7. The minimum absolute atomic E-state index is 0.0612. The lowest BCUT2D eigenvalue weighted by Crippen LogP contribution is -2.54. The highest BCUT2D eigenvalue weighted by Crippen LogP contribution is 2.41. The summed E-state index contributed by atoms with van der Waals surface area (Å²) in [5, 5.41) is 16.1. The van der Waals surface area contributed by atoms with Gasteiger partial charge in [0, 0.05) is 19.7 Å². The van der Waals surface area contributed by atoms with Crippen molar-refractivity contribution in [3.05, 3.63) is 30.1 Å². The third-order valence-electron chi connectivity index (χ3n) is 6.74. The largest absolute Gasteiger partial charge is 0.497 e. The monoisotopic (exact) mass is 469 g/mol. The molecule has 2 heterocycles. The standard InChI is InChI=1S/C22H30F3N5O3/c1-31-14-21(16-6-3-4-7-16,26-12-15-10-19(33-13-15)22(23,24)25)20-27-28-29-30(20)17-8-5-9-18(11-17)32-2/h5,8-9,11,15-16,19,26H,3-4,6-7,10,12-14H2,1-2H3/t15-,19+,21?/m1/s1. The molecule has 2 aromatic rings. The van der Waals surface area contributed by atoms with E-state index < -0.39 is 17.8 Å². The number of nitrogens with one attached hydrogen (secondary N) is 1. The lowest BCUT2D eigenvalue weighted by Gasteiger charge is -2.39. The van der Waals surface area contributed by atoms with E-state index in [1.54, 1.807) is 18.9 Å². The molecular formula is C22H30F3N5O3. The fourth-order valence-corrected chi connectivity index (χ4v) is 5.06. The Labute approximate surface area is 190 Å². The van der Waals surface area contributed by atoms with Crippen LogP contribution in [0.2, 0.25) is 0 Å². The second kappa shape index (κ2) is 9.94. The summed E-state index contributed by atoms with van der Waals surface area (Å²) < 4.78 is 57.0. The minimum atomic E-state index is -4.35. The summed E-state index contributed by atoms with van der Waals surface area (Å²) in [6.07, 6.45) is -2.08. The van der Waals surface area contributed by atoms with Crippen LogP contribution in [-0.2, 0) is 15.0 Å². The number of halogens is 3. The molecule has 1 N–H and O–H groups in total. The molecule has 33 heavy (non-hydrogen) atoms. The van der Waals surface area contributed by atoms with E-state index in [1.807, 2.05) is 24.3 Å². The highest BCUT2D eigenvalue weighted by Gasteiger charge is 2.49. The molecule has 0 radical (unpaired) electrons. The summed E-state index contributed by atoms with van der Waals surface area (Å²) in [6, 6.07) is 7.41. The zero-order valence-electron chi connectivity index (χ0n) is 18.8. The van der Waals surface area contributed by atoms with Gasteiger partial charge in [-0.3, -0.25) is 0 Å². The fourth-order valence-electron chi connectivity index (χ4n) is 5.06. The Balaban J connectivity index is 1.65. The summed E-state index contributed by atoms with van der Waals surface area (Å²) in [5.41, 5.74) is -0.0234. The summed E-state index contributed by atoms with van der Waals surface area (Å²) in [6.45, 7) is 0.696. The van der Waals surface area contributed by atoms with Crippen LogP contribution in [0.15, 0.2) is 24.3 Å². The Bertz CT molecular complexity index is 919. The molecule has 11 heteroatoms. The number of alkyl halides is 3. The highest BCUT2D eigenvalue weighted by molar-refractivity contribution is 5.39. The Kier molecular flexibility index (Phi) is 7.20. The zero-order valence-corrected chi connectivity index (χ0v) is 18.8. The van der Waals surface area contributed by atoms with Crippen molar-refractivity contribution in [3.63, 3.8) is 0 Å². The lowest BCUT2D eigenvalue weighted by molar-refractivity contribution is -0.206. The maximum absolute atomic E-state index is 13.1. The first-order valence-electron chi connectivity index (χ1n) is 11.2. The Hall–Kier alpha value is -2.24. The van der Waals surface area contributed by atoms with Gasteiger partial charge in [-0.15, -0.1) is 5.10 Å². The van der Waals surface area contributed by atoms with Gasteiger partial charge in [-0.05, 0) is 53.7 Å². The predicted octanol–water partition coefficient (Wildman–Crippen LogP) is 3.26. The number of ether oxygens (including phenoxy) is 3. The van der Waals surface area contributed by atoms with E-state index >= 15 is 0 Å². The van der Waals surface area contributed by atoms with E-state index in [9.17, 15) is 13.2 Å². The molecule has 1 unspecified atom stereocenters. The van der Waals surface area contributed by atoms with Gasteiger partial charge in [0.25, 0.3) is 0 Å². The van der Waals surface area contributed by atoms with E-state index in [1.165, 1.54) is 0 Å². The second-order valence-electron chi connectivity index (χ2n) is 8.85. The summed E-state index contributed by atoms with van der Waals surface area (Å²) in [7, 11) is 3.20. The van der Waals surface area contributed by atoms with E-state index in [-0.39, 0.29) is 31.5 Å². The fraction of sp³-hybridized carbons (Fsp3) is 0.682. The third kappa shape index (κ3) is 4.99. The van der Waals surface area contributed by atoms with Crippen LogP contribution in [0.3, 0.4) is 0 Å². The first kappa shape index (κ1) is 23.9. The minimum Gasteiger partial charge on any atom is -0.497 e. The number of hydrogen-bond donors (Lipinski definition) is 1. The summed E-state index contributed by atoms with van der Waals surface area (Å²) >= 11 is 0. The second-order valence-corrected chi connectivity index (χ2v) is 8.85. The highest BCUT2D eigenvalue weighted by atomic mass is 19.4. The van der Waals surface area contributed by atoms with Crippen molar-refractivity contribution in [2.24, 2.45) is 11.8 Å². The van der Waals surface area contributed by atoms with Crippen LogP contribution in [0.25, 0.3) is 5.69 Å². The molecule has 1 saturated heterocycles. The van der Waals surface area contributed by atoms with E-state index in [0.717, 1.165) is 31.4 Å². The third-order valence-corrected chi connectivity index (χ3v) is 6.74. The van der Waals surface area contributed by atoms with E-state index in [0.29, 0.717) is 18.1 Å². The molecule has 0 bridgehead atoms. The Morgan fingerprint density at radius 1 is 1.21 bits per heavy atom. The van der Waals surface area contributed by atoms with Crippen LogP contribution in [0.1, 0.15) is 37.9 Å². The average molecular weight is 470 g/mol.